The third-order valence-corrected chi connectivity index (χ3v) is 4.80. The molecule has 116 valence electrons. The Morgan fingerprint density at radius 2 is 1.90 bits per heavy atom. The smallest absolute Gasteiger partial charge is 0.0988 e. The molecule has 0 aliphatic carbocycles. The van der Waals surface area contributed by atoms with E-state index in [0.29, 0.717) is 6.17 Å². The molecule has 3 rings (SSSR count). The summed E-state index contributed by atoms with van der Waals surface area (Å²) in [5, 5.41) is 0.815. The number of rotatable bonds is 4. The van der Waals surface area contributed by atoms with E-state index in [2.05, 4.69) is 40.7 Å². The van der Waals surface area contributed by atoms with Gasteiger partial charge >= 0.3 is 0 Å². The van der Waals surface area contributed by atoms with Crippen LogP contribution in [0.5, 0.6) is 0 Å². The van der Waals surface area contributed by atoms with E-state index in [1.54, 1.807) is 0 Å². The maximum atomic E-state index is 6.20. The van der Waals surface area contributed by atoms with Crippen LogP contribution in [0, 0.1) is 0 Å². The summed E-state index contributed by atoms with van der Waals surface area (Å²) in [6, 6.07) is 6.23. The van der Waals surface area contributed by atoms with Gasteiger partial charge in [0.2, 0.25) is 0 Å². The van der Waals surface area contributed by atoms with Gasteiger partial charge in [0.1, 0.15) is 0 Å². The summed E-state index contributed by atoms with van der Waals surface area (Å²) in [4.78, 5) is 7.39. The number of nitrogens with zero attached hydrogens (tertiary/aromatic N) is 3. The van der Waals surface area contributed by atoms with Gasteiger partial charge < -0.3 is 14.5 Å². The van der Waals surface area contributed by atoms with E-state index in [9.17, 15) is 0 Å². The fourth-order valence-corrected chi connectivity index (χ4v) is 3.52. The van der Waals surface area contributed by atoms with Crippen molar-refractivity contribution in [2.75, 3.05) is 55.7 Å². The summed E-state index contributed by atoms with van der Waals surface area (Å²) in [7, 11) is 0. The molecule has 5 heteroatoms. The molecule has 0 spiro atoms. The SMILES string of the molecule is CCN1c2ccc(Cl)cc2N(CCN2CCOCC2)C1C. The molecule has 2 aliphatic heterocycles. The first-order valence-electron chi connectivity index (χ1n) is 7.83. The molecule has 0 amide bonds. The zero-order chi connectivity index (χ0) is 14.8. The number of ether oxygens (including phenoxy) is 1. The van der Waals surface area contributed by atoms with Gasteiger partial charge in [-0.3, -0.25) is 4.90 Å². The molecule has 0 aromatic heterocycles. The molecule has 1 aromatic rings. The number of fused-ring (bicyclic) bond motifs is 1. The van der Waals surface area contributed by atoms with E-state index in [4.69, 9.17) is 16.3 Å². The van der Waals surface area contributed by atoms with Gasteiger partial charge in [-0.05, 0) is 32.0 Å². The van der Waals surface area contributed by atoms with Crippen molar-refractivity contribution in [3.8, 4) is 0 Å². The van der Waals surface area contributed by atoms with Gasteiger partial charge in [-0.15, -0.1) is 0 Å². The first-order chi connectivity index (χ1) is 10.2. The van der Waals surface area contributed by atoms with Gasteiger partial charge in [-0.1, -0.05) is 11.6 Å². The van der Waals surface area contributed by atoms with Crippen molar-refractivity contribution in [3.63, 3.8) is 0 Å². The van der Waals surface area contributed by atoms with E-state index >= 15 is 0 Å². The summed E-state index contributed by atoms with van der Waals surface area (Å²) in [5.74, 6) is 0. The molecule has 1 aromatic carbocycles. The molecule has 0 radical (unpaired) electrons. The van der Waals surface area contributed by atoms with Crippen LogP contribution in [0.4, 0.5) is 11.4 Å². The van der Waals surface area contributed by atoms with Crippen LogP contribution in [-0.2, 0) is 4.74 Å². The number of benzene rings is 1. The Hall–Kier alpha value is -0.970. The minimum Gasteiger partial charge on any atom is -0.379 e. The summed E-state index contributed by atoms with van der Waals surface area (Å²) in [5.41, 5.74) is 2.57. The van der Waals surface area contributed by atoms with Gasteiger partial charge in [-0.2, -0.15) is 0 Å². The lowest BCUT2D eigenvalue weighted by Crippen LogP contribution is -2.46. The van der Waals surface area contributed by atoms with Gasteiger partial charge in [-0.25, -0.2) is 0 Å². The molecular weight excluding hydrogens is 286 g/mol. The second-order valence-electron chi connectivity index (χ2n) is 5.70. The van der Waals surface area contributed by atoms with E-state index in [-0.39, 0.29) is 0 Å². The second kappa shape index (κ2) is 6.42. The van der Waals surface area contributed by atoms with Crippen LogP contribution in [0.1, 0.15) is 13.8 Å². The normalized spacial score (nSPS) is 22.7. The van der Waals surface area contributed by atoms with Gasteiger partial charge in [0.25, 0.3) is 0 Å². The van der Waals surface area contributed by atoms with Gasteiger partial charge in [0.15, 0.2) is 0 Å². The molecule has 1 fully saturated rings. The predicted octanol–water partition coefficient (Wildman–Crippen LogP) is 2.66. The molecule has 2 heterocycles. The van der Waals surface area contributed by atoms with Gasteiger partial charge in [0.05, 0.1) is 30.8 Å². The highest BCUT2D eigenvalue weighted by Crippen LogP contribution is 2.40. The number of hydrogen-bond donors (Lipinski definition) is 0. The first-order valence-corrected chi connectivity index (χ1v) is 8.21. The van der Waals surface area contributed by atoms with E-state index in [0.717, 1.165) is 51.0 Å². The standard InChI is InChI=1S/C16H24ClN3O/c1-3-19-13(2)20(7-6-18-8-10-21-11-9-18)16-12-14(17)4-5-15(16)19/h4-5,12-13H,3,6-11H2,1-2H3. The molecule has 1 saturated heterocycles. The summed E-state index contributed by atoms with van der Waals surface area (Å²) < 4.78 is 5.42. The summed E-state index contributed by atoms with van der Waals surface area (Å²) >= 11 is 6.20. The lowest BCUT2D eigenvalue weighted by Gasteiger charge is -2.33. The third kappa shape index (κ3) is 2.98. The lowest BCUT2D eigenvalue weighted by atomic mass is 10.2. The fourth-order valence-electron chi connectivity index (χ4n) is 3.36. The summed E-state index contributed by atoms with van der Waals surface area (Å²) in [6.45, 7) is 11.4. The Morgan fingerprint density at radius 1 is 1.14 bits per heavy atom. The minimum absolute atomic E-state index is 0.393. The molecule has 0 saturated carbocycles. The second-order valence-corrected chi connectivity index (χ2v) is 6.13. The quantitative estimate of drug-likeness (QED) is 0.851. The zero-order valence-electron chi connectivity index (χ0n) is 12.9. The maximum absolute atomic E-state index is 6.20. The molecule has 0 bridgehead atoms. The van der Waals surface area contributed by atoms with E-state index < -0.39 is 0 Å². The van der Waals surface area contributed by atoms with Crippen LogP contribution < -0.4 is 9.80 Å². The Bertz CT molecular complexity index is 490. The third-order valence-electron chi connectivity index (χ3n) is 4.56. The average Bonchev–Trinajstić information content (AvgIpc) is 2.77. The maximum Gasteiger partial charge on any atom is 0.0988 e. The van der Waals surface area contributed by atoms with Crippen LogP contribution in [0.2, 0.25) is 5.02 Å². The number of anilines is 2. The topological polar surface area (TPSA) is 19.0 Å². The molecule has 1 atom stereocenters. The van der Waals surface area contributed by atoms with Crippen molar-refractivity contribution in [2.24, 2.45) is 0 Å². The molecule has 2 aliphatic rings. The van der Waals surface area contributed by atoms with Crippen molar-refractivity contribution < 1.29 is 4.74 Å². The lowest BCUT2D eigenvalue weighted by molar-refractivity contribution is 0.0390. The van der Waals surface area contributed by atoms with Crippen molar-refractivity contribution in [1.29, 1.82) is 0 Å². The van der Waals surface area contributed by atoms with Crippen molar-refractivity contribution in [3.05, 3.63) is 23.2 Å². The number of hydrogen-bond acceptors (Lipinski definition) is 4. The summed E-state index contributed by atoms with van der Waals surface area (Å²) in [6.07, 6.45) is 0.393. The number of halogens is 1. The molecule has 0 N–H and O–H groups in total. The van der Waals surface area contributed by atoms with Crippen LogP contribution in [0.3, 0.4) is 0 Å². The van der Waals surface area contributed by atoms with Crippen LogP contribution in [0.25, 0.3) is 0 Å². The molecule has 21 heavy (non-hydrogen) atoms. The van der Waals surface area contributed by atoms with Crippen molar-refractivity contribution in [1.82, 2.24) is 4.90 Å². The Labute approximate surface area is 132 Å². The van der Waals surface area contributed by atoms with E-state index in [1.807, 2.05) is 6.07 Å². The van der Waals surface area contributed by atoms with Crippen LogP contribution >= 0.6 is 11.6 Å². The van der Waals surface area contributed by atoms with Crippen LogP contribution in [-0.4, -0.2) is 57.0 Å². The molecule has 4 nitrogen and oxygen atoms in total. The highest BCUT2D eigenvalue weighted by atomic mass is 35.5. The number of morpholine rings is 1. The first kappa shape index (κ1) is 14.9. The van der Waals surface area contributed by atoms with Crippen LogP contribution in [0.15, 0.2) is 18.2 Å². The minimum atomic E-state index is 0.393. The Morgan fingerprint density at radius 3 is 2.62 bits per heavy atom. The zero-order valence-corrected chi connectivity index (χ0v) is 13.6. The average molecular weight is 310 g/mol. The van der Waals surface area contributed by atoms with E-state index in [1.165, 1.54) is 11.4 Å². The highest BCUT2D eigenvalue weighted by molar-refractivity contribution is 6.31. The Kier molecular flexibility index (Phi) is 4.57. The van der Waals surface area contributed by atoms with Crippen molar-refractivity contribution >= 4 is 23.0 Å². The monoisotopic (exact) mass is 309 g/mol. The molecule has 1 unspecified atom stereocenters. The largest absolute Gasteiger partial charge is 0.379 e. The Balaban J connectivity index is 1.74. The fraction of sp³-hybridized carbons (Fsp3) is 0.625. The molecular formula is C16H24ClN3O. The van der Waals surface area contributed by atoms with Gasteiger partial charge in [0, 0.05) is 37.7 Å². The predicted molar refractivity (Wildman–Crippen MR) is 88.5 cm³/mol. The highest BCUT2D eigenvalue weighted by Gasteiger charge is 2.31. The van der Waals surface area contributed by atoms with Crippen molar-refractivity contribution in [2.45, 2.75) is 20.0 Å².